The van der Waals surface area contributed by atoms with Gasteiger partial charge < -0.3 is 5.32 Å². The van der Waals surface area contributed by atoms with E-state index < -0.39 is 0 Å². The fourth-order valence-corrected chi connectivity index (χ4v) is 2.45. The van der Waals surface area contributed by atoms with Crippen molar-refractivity contribution in [3.05, 3.63) is 0 Å². The minimum atomic E-state index is 0.764. The van der Waals surface area contributed by atoms with E-state index in [0.717, 1.165) is 18.0 Å². The molecule has 0 bridgehead atoms. The molecular weight excluding hydrogens is 158 g/mol. The van der Waals surface area contributed by atoms with E-state index in [1.165, 1.54) is 38.5 Å². The van der Waals surface area contributed by atoms with Crippen LogP contribution in [-0.4, -0.2) is 12.1 Å². The van der Waals surface area contributed by atoms with Crippen LogP contribution in [0.2, 0.25) is 0 Å². The molecule has 1 aliphatic rings. The minimum absolute atomic E-state index is 0.764. The lowest BCUT2D eigenvalue weighted by Gasteiger charge is -2.20. The Hall–Kier alpha value is -0.0400. The largest absolute Gasteiger partial charge is 0.311 e. The molecule has 78 valence electrons. The van der Waals surface area contributed by atoms with Crippen molar-refractivity contribution < 1.29 is 0 Å². The van der Waals surface area contributed by atoms with Crippen LogP contribution in [0.4, 0.5) is 0 Å². The van der Waals surface area contributed by atoms with Crippen molar-refractivity contribution in [3.8, 4) is 0 Å². The highest BCUT2D eigenvalue weighted by Crippen LogP contribution is 2.28. The third kappa shape index (κ3) is 3.30. The van der Waals surface area contributed by atoms with Crippen LogP contribution >= 0.6 is 0 Å². The van der Waals surface area contributed by atoms with Crippen LogP contribution < -0.4 is 5.32 Å². The zero-order valence-corrected chi connectivity index (χ0v) is 9.47. The lowest BCUT2D eigenvalue weighted by Crippen LogP contribution is -2.35. The Bertz CT molecular complexity index is 129. The van der Waals surface area contributed by atoms with Crippen molar-refractivity contribution in [2.24, 2.45) is 5.92 Å². The highest BCUT2D eigenvalue weighted by molar-refractivity contribution is 4.82. The quantitative estimate of drug-likeness (QED) is 0.689. The Morgan fingerprint density at radius 1 is 1.15 bits per heavy atom. The number of nitrogens with one attached hydrogen (secondary N) is 1. The third-order valence-corrected chi connectivity index (χ3v) is 3.58. The molecule has 1 saturated carbocycles. The molecular formula is C12H25N. The van der Waals surface area contributed by atoms with Crippen molar-refractivity contribution in [3.63, 3.8) is 0 Å². The molecule has 0 aromatic carbocycles. The molecule has 2 unspecified atom stereocenters. The lowest BCUT2D eigenvalue weighted by molar-refractivity contribution is 0.398. The highest BCUT2D eigenvalue weighted by Gasteiger charge is 2.24. The average Bonchev–Trinajstić information content (AvgIpc) is 2.61. The summed E-state index contributed by atoms with van der Waals surface area (Å²) in [7, 11) is 0. The van der Waals surface area contributed by atoms with Gasteiger partial charge >= 0.3 is 0 Å². The van der Waals surface area contributed by atoms with Gasteiger partial charge in [0.15, 0.2) is 0 Å². The van der Waals surface area contributed by atoms with Crippen LogP contribution in [0.15, 0.2) is 0 Å². The van der Waals surface area contributed by atoms with Crippen LogP contribution in [0.3, 0.4) is 0 Å². The molecule has 0 amide bonds. The molecule has 0 aromatic rings. The second-order valence-electron chi connectivity index (χ2n) is 4.46. The summed E-state index contributed by atoms with van der Waals surface area (Å²) < 4.78 is 0. The number of hydrogen-bond donors (Lipinski definition) is 1. The van der Waals surface area contributed by atoms with Crippen LogP contribution in [0, 0.1) is 5.92 Å². The third-order valence-electron chi connectivity index (χ3n) is 3.58. The van der Waals surface area contributed by atoms with Crippen LogP contribution in [0.5, 0.6) is 0 Å². The van der Waals surface area contributed by atoms with Gasteiger partial charge in [-0.05, 0) is 38.0 Å². The molecule has 1 heteroatoms. The lowest BCUT2D eigenvalue weighted by atomic mass is 10.0. The normalized spacial score (nSPS) is 28.6. The van der Waals surface area contributed by atoms with Crippen molar-refractivity contribution >= 4 is 0 Å². The molecule has 0 saturated heterocycles. The SMILES string of the molecule is CCC1CCC(NC(CC)CC)C1. The summed E-state index contributed by atoms with van der Waals surface area (Å²) in [6.45, 7) is 6.89. The van der Waals surface area contributed by atoms with Crippen LogP contribution in [-0.2, 0) is 0 Å². The van der Waals surface area contributed by atoms with E-state index in [0.29, 0.717) is 0 Å². The Morgan fingerprint density at radius 3 is 2.31 bits per heavy atom. The van der Waals surface area contributed by atoms with E-state index in [2.05, 4.69) is 26.1 Å². The fourth-order valence-electron chi connectivity index (χ4n) is 2.45. The first kappa shape index (κ1) is 11.0. The minimum Gasteiger partial charge on any atom is -0.311 e. The second-order valence-corrected chi connectivity index (χ2v) is 4.46. The van der Waals surface area contributed by atoms with Gasteiger partial charge in [-0.1, -0.05) is 27.2 Å². The Balaban J connectivity index is 2.22. The molecule has 2 atom stereocenters. The van der Waals surface area contributed by atoms with Crippen LogP contribution in [0.1, 0.15) is 59.3 Å². The molecule has 0 heterocycles. The summed E-state index contributed by atoms with van der Waals surface area (Å²) in [5, 5.41) is 3.78. The summed E-state index contributed by atoms with van der Waals surface area (Å²) in [6.07, 6.45) is 8.23. The Kier molecular flexibility index (Phi) is 4.79. The molecule has 0 radical (unpaired) electrons. The van der Waals surface area contributed by atoms with Crippen LogP contribution in [0.25, 0.3) is 0 Å². The maximum atomic E-state index is 3.78. The Labute approximate surface area is 83.3 Å². The van der Waals surface area contributed by atoms with Crippen molar-refractivity contribution in [2.45, 2.75) is 71.4 Å². The zero-order chi connectivity index (χ0) is 9.68. The number of rotatable bonds is 5. The molecule has 0 aromatic heterocycles. The van der Waals surface area contributed by atoms with Gasteiger partial charge in [0.1, 0.15) is 0 Å². The van der Waals surface area contributed by atoms with E-state index in [1.807, 2.05) is 0 Å². The maximum Gasteiger partial charge on any atom is 0.00723 e. The zero-order valence-electron chi connectivity index (χ0n) is 9.47. The maximum absolute atomic E-state index is 3.78. The van der Waals surface area contributed by atoms with Crippen molar-refractivity contribution in [1.82, 2.24) is 5.32 Å². The first-order chi connectivity index (χ1) is 6.30. The summed E-state index contributed by atoms with van der Waals surface area (Å²) in [6, 6.07) is 1.59. The molecule has 0 spiro atoms. The van der Waals surface area contributed by atoms with Gasteiger partial charge in [-0.2, -0.15) is 0 Å². The van der Waals surface area contributed by atoms with E-state index in [4.69, 9.17) is 0 Å². The van der Waals surface area contributed by atoms with E-state index in [-0.39, 0.29) is 0 Å². The molecule has 0 aliphatic heterocycles. The molecule has 13 heavy (non-hydrogen) atoms. The van der Waals surface area contributed by atoms with Gasteiger partial charge in [-0.15, -0.1) is 0 Å². The monoisotopic (exact) mass is 183 g/mol. The second kappa shape index (κ2) is 5.64. The van der Waals surface area contributed by atoms with Gasteiger partial charge in [-0.25, -0.2) is 0 Å². The predicted molar refractivity (Wildman–Crippen MR) is 58.9 cm³/mol. The van der Waals surface area contributed by atoms with E-state index in [9.17, 15) is 0 Å². The molecule has 1 fully saturated rings. The molecule has 1 rings (SSSR count). The average molecular weight is 183 g/mol. The number of hydrogen-bond acceptors (Lipinski definition) is 1. The van der Waals surface area contributed by atoms with Gasteiger partial charge in [-0.3, -0.25) is 0 Å². The summed E-state index contributed by atoms with van der Waals surface area (Å²) in [5.74, 6) is 1.01. The van der Waals surface area contributed by atoms with Gasteiger partial charge in [0.05, 0.1) is 0 Å². The first-order valence-corrected chi connectivity index (χ1v) is 6.06. The molecule has 1 N–H and O–H groups in total. The van der Waals surface area contributed by atoms with E-state index >= 15 is 0 Å². The molecule has 1 aliphatic carbocycles. The fraction of sp³-hybridized carbons (Fsp3) is 1.00. The van der Waals surface area contributed by atoms with Crippen molar-refractivity contribution in [1.29, 1.82) is 0 Å². The Morgan fingerprint density at radius 2 is 1.85 bits per heavy atom. The van der Waals surface area contributed by atoms with Gasteiger partial charge in [0.2, 0.25) is 0 Å². The first-order valence-electron chi connectivity index (χ1n) is 6.06. The van der Waals surface area contributed by atoms with Gasteiger partial charge in [0, 0.05) is 12.1 Å². The summed E-state index contributed by atoms with van der Waals surface area (Å²) in [5.41, 5.74) is 0. The highest BCUT2D eigenvalue weighted by atomic mass is 15.0. The summed E-state index contributed by atoms with van der Waals surface area (Å²) in [4.78, 5) is 0. The molecule has 1 nitrogen and oxygen atoms in total. The topological polar surface area (TPSA) is 12.0 Å². The standard InChI is InChI=1S/C12H25N/c1-4-10-7-8-12(9-10)13-11(5-2)6-3/h10-13H,4-9H2,1-3H3. The van der Waals surface area contributed by atoms with Gasteiger partial charge in [0.25, 0.3) is 0 Å². The summed E-state index contributed by atoms with van der Waals surface area (Å²) >= 11 is 0. The smallest absolute Gasteiger partial charge is 0.00723 e. The van der Waals surface area contributed by atoms with Crippen molar-refractivity contribution in [2.75, 3.05) is 0 Å². The predicted octanol–water partition coefficient (Wildman–Crippen LogP) is 3.34. The van der Waals surface area contributed by atoms with E-state index in [1.54, 1.807) is 0 Å².